The second kappa shape index (κ2) is 12.9. The molecule has 0 aromatic rings. The third-order valence-corrected chi connectivity index (χ3v) is 6.22. The van der Waals surface area contributed by atoms with E-state index in [4.69, 9.17) is 19.1 Å². The van der Waals surface area contributed by atoms with Crippen LogP contribution >= 0.6 is 21.6 Å². The van der Waals surface area contributed by atoms with Crippen LogP contribution in [-0.2, 0) is 28.7 Å². The molecule has 0 heterocycles. The molecule has 138 valence electrons. The first-order valence-electron chi connectivity index (χ1n) is 7.21. The van der Waals surface area contributed by atoms with Gasteiger partial charge in [-0.05, 0) is 12.8 Å². The number of esters is 2. The van der Waals surface area contributed by atoms with Crippen molar-refractivity contribution in [3.63, 3.8) is 0 Å². The van der Waals surface area contributed by atoms with E-state index < -0.39 is 11.9 Å². The summed E-state index contributed by atoms with van der Waals surface area (Å²) in [6.07, 6.45) is 1.25. The van der Waals surface area contributed by atoms with Gasteiger partial charge in [0.15, 0.2) is 11.4 Å². The molecule has 0 fully saturated rings. The SMILES string of the molecule is CCC(SSC(CC)C(=NOC)C(=O)OC)C(=NOC)C(=O)OC. The molecule has 2 unspecified atom stereocenters. The van der Waals surface area contributed by atoms with Gasteiger partial charge in [0.2, 0.25) is 0 Å². The number of ether oxygens (including phenoxy) is 2. The smallest absolute Gasteiger partial charge is 0.357 e. The van der Waals surface area contributed by atoms with Crippen LogP contribution in [0.25, 0.3) is 0 Å². The summed E-state index contributed by atoms with van der Waals surface area (Å²) in [5.74, 6) is -1.10. The summed E-state index contributed by atoms with van der Waals surface area (Å²) < 4.78 is 9.46. The molecular formula is C14H24N2O6S2. The van der Waals surface area contributed by atoms with Gasteiger partial charge >= 0.3 is 11.9 Å². The Bertz CT molecular complexity index is 428. The first-order chi connectivity index (χ1) is 11.5. The molecule has 0 rings (SSSR count). The van der Waals surface area contributed by atoms with E-state index in [0.29, 0.717) is 12.8 Å². The van der Waals surface area contributed by atoms with Gasteiger partial charge in [-0.3, -0.25) is 0 Å². The summed E-state index contributed by atoms with van der Waals surface area (Å²) in [5, 5.41) is 7.00. The van der Waals surface area contributed by atoms with Crippen molar-refractivity contribution in [1.82, 2.24) is 0 Å². The topological polar surface area (TPSA) is 95.8 Å². The fourth-order valence-electron chi connectivity index (χ4n) is 1.61. The van der Waals surface area contributed by atoms with Crippen LogP contribution < -0.4 is 0 Å². The molecule has 24 heavy (non-hydrogen) atoms. The molecule has 0 bridgehead atoms. The zero-order valence-electron chi connectivity index (χ0n) is 14.7. The van der Waals surface area contributed by atoms with Gasteiger partial charge in [0.1, 0.15) is 14.2 Å². The Morgan fingerprint density at radius 3 is 1.33 bits per heavy atom. The maximum Gasteiger partial charge on any atom is 0.357 e. The van der Waals surface area contributed by atoms with Gasteiger partial charge in [-0.15, -0.1) is 0 Å². The molecule has 0 spiro atoms. The number of methoxy groups -OCH3 is 2. The standard InChI is InChI=1S/C14H24N2O6S2/c1-7-9(11(15-21-5)13(17)19-3)23-24-10(8-2)12(16-22-6)14(18)20-4/h9-10H,7-8H2,1-6H3. The van der Waals surface area contributed by atoms with Crippen LogP contribution in [0, 0.1) is 0 Å². The summed E-state index contributed by atoms with van der Waals surface area (Å²) >= 11 is 0. The molecule has 0 saturated carbocycles. The second-order valence-electron chi connectivity index (χ2n) is 4.29. The van der Waals surface area contributed by atoms with Gasteiger partial charge in [0, 0.05) is 0 Å². The van der Waals surface area contributed by atoms with E-state index in [1.54, 1.807) is 0 Å². The number of nitrogens with zero attached hydrogens (tertiary/aromatic N) is 2. The zero-order chi connectivity index (χ0) is 18.5. The number of carbonyl (C=O) groups is 2. The van der Waals surface area contributed by atoms with E-state index in [1.165, 1.54) is 50.0 Å². The van der Waals surface area contributed by atoms with Gasteiger partial charge < -0.3 is 19.1 Å². The summed E-state index contributed by atoms with van der Waals surface area (Å²) in [6, 6.07) is 0. The minimum atomic E-state index is -0.552. The number of hydrogen-bond acceptors (Lipinski definition) is 10. The van der Waals surface area contributed by atoms with E-state index in [9.17, 15) is 9.59 Å². The minimum Gasteiger partial charge on any atom is -0.464 e. The molecule has 8 nitrogen and oxygen atoms in total. The average Bonchev–Trinajstić information content (AvgIpc) is 2.61. The highest BCUT2D eigenvalue weighted by Gasteiger charge is 2.29. The van der Waals surface area contributed by atoms with Crippen molar-refractivity contribution in [3.05, 3.63) is 0 Å². The number of oxime groups is 2. The Balaban J connectivity index is 5.19. The Morgan fingerprint density at radius 2 is 1.12 bits per heavy atom. The molecule has 0 aromatic carbocycles. The third-order valence-electron chi connectivity index (χ3n) is 2.81. The van der Waals surface area contributed by atoms with E-state index in [1.807, 2.05) is 13.8 Å². The van der Waals surface area contributed by atoms with Gasteiger partial charge in [-0.2, -0.15) is 0 Å². The summed E-state index contributed by atoms with van der Waals surface area (Å²) in [7, 11) is 8.08. The van der Waals surface area contributed by atoms with Crippen LogP contribution in [0.5, 0.6) is 0 Å². The van der Waals surface area contributed by atoms with Gasteiger partial charge in [0.05, 0.1) is 24.7 Å². The highest BCUT2D eigenvalue weighted by molar-refractivity contribution is 8.77. The first-order valence-corrected chi connectivity index (χ1v) is 9.48. The van der Waals surface area contributed by atoms with Gasteiger partial charge in [-0.1, -0.05) is 45.7 Å². The highest BCUT2D eigenvalue weighted by atomic mass is 33.1. The van der Waals surface area contributed by atoms with Crippen molar-refractivity contribution in [3.8, 4) is 0 Å². The lowest BCUT2D eigenvalue weighted by atomic mass is 10.2. The molecule has 0 amide bonds. The monoisotopic (exact) mass is 380 g/mol. The van der Waals surface area contributed by atoms with Crippen LogP contribution in [0.2, 0.25) is 0 Å². The van der Waals surface area contributed by atoms with E-state index >= 15 is 0 Å². The molecule has 0 aromatic heterocycles. The Hall–Kier alpha value is -1.42. The van der Waals surface area contributed by atoms with Gasteiger partial charge in [0.25, 0.3) is 0 Å². The first kappa shape index (κ1) is 22.6. The molecule has 10 heteroatoms. The maximum absolute atomic E-state index is 11.8. The van der Waals surface area contributed by atoms with Crippen LogP contribution in [0.3, 0.4) is 0 Å². The van der Waals surface area contributed by atoms with Crippen molar-refractivity contribution < 1.29 is 28.7 Å². The predicted octanol–water partition coefficient (Wildman–Crippen LogP) is 2.28. The van der Waals surface area contributed by atoms with Crippen molar-refractivity contribution in [1.29, 1.82) is 0 Å². The van der Waals surface area contributed by atoms with Crippen LogP contribution in [-0.4, -0.2) is 62.3 Å². The lowest BCUT2D eigenvalue weighted by Crippen LogP contribution is -2.29. The van der Waals surface area contributed by atoms with E-state index in [-0.39, 0.29) is 21.9 Å². The molecule has 0 aliphatic rings. The number of carbonyl (C=O) groups excluding carboxylic acids is 2. The lowest BCUT2D eigenvalue weighted by Gasteiger charge is -2.18. The molecule has 2 atom stereocenters. The molecule has 0 aliphatic carbocycles. The van der Waals surface area contributed by atoms with E-state index in [0.717, 1.165) is 0 Å². The molecule has 0 aliphatic heterocycles. The number of rotatable bonds is 11. The Labute approximate surface area is 150 Å². The van der Waals surface area contributed by atoms with Crippen LogP contribution in [0.15, 0.2) is 10.3 Å². The third kappa shape index (κ3) is 7.00. The molecular weight excluding hydrogens is 356 g/mol. The van der Waals surface area contributed by atoms with Crippen molar-refractivity contribution in [2.45, 2.75) is 37.2 Å². The predicted molar refractivity (Wildman–Crippen MR) is 96.3 cm³/mol. The molecule has 0 radical (unpaired) electrons. The summed E-state index contributed by atoms with van der Waals surface area (Å²) in [4.78, 5) is 33.1. The maximum atomic E-state index is 11.8. The van der Waals surface area contributed by atoms with Crippen LogP contribution in [0.1, 0.15) is 26.7 Å². The second-order valence-corrected chi connectivity index (χ2v) is 6.97. The fraction of sp³-hybridized carbons (Fsp3) is 0.714. The normalized spacial score (nSPS) is 14.6. The highest BCUT2D eigenvalue weighted by Crippen LogP contribution is 2.36. The fourth-order valence-corrected chi connectivity index (χ4v) is 4.78. The van der Waals surface area contributed by atoms with Crippen molar-refractivity contribution in [2.24, 2.45) is 10.3 Å². The largest absolute Gasteiger partial charge is 0.464 e. The van der Waals surface area contributed by atoms with Gasteiger partial charge in [-0.25, -0.2) is 9.59 Å². The minimum absolute atomic E-state index is 0.179. The van der Waals surface area contributed by atoms with E-state index in [2.05, 4.69) is 10.3 Å². The molecule has 0 saturated heterocycles. The molecule has 0 N–H and O–H groups in total. The Kier molecular flexibility index (Phi) is 12.2. The average molecular weight is 380 g/mol. The quantitative estimate of drug-likeness (QED) is 0.233. The summed E-state index contributed by atoms with van der Waals surface area (Å²) in [6.45, 7) is 3.83. The number of hydrogen-bond donors (Lipinski definition) is 0. The Morgan fingerprint density at radius 1 is 0.792 bits per heavy atom. The van der Waals surface area contributed by atoms with Crippen molar-refractivity contribution >= 4 is 44.9 Å². The lowest BCUT2D eigenvalue weighted by molar-refractivity contribution is -0.133. The summed E-state index contributed by atoms with van der Waals surface area (Å²) in [5.41, 5.74) is 0.358. The van der Waals surface area contributed by atoms with Crippen LogP contribution in [0.4, 0.5) is 0 Å². The van der Waals surface area contributed by atoms with Crippen molar-refractivity contribution in [2.75, 3.05) is 28.4 Å². The zero-order valence-corrected chi connectivity index (χ0v) is 16.4.